The Morgan fingerprint density at radius 2 is 2.33 bits per heavy atom. The highest BCUT2D eigenvalue weighted by atomic mass is 16.5. The van der Waals surface area contributed by atoms with Crippen LogP contribution in [-0.2, 0) is 17.9 Å². The summed E-state index contributed by atoms with van der Waals surface area (Å²) in [6.07, 6.45) is 3.67. The molecule has 2 aromatic heterocycles. The third kappa shape index (κ3) is 2.86. The number of benzene rings is 1. The van der Waals surface area contributed by atoms with E-state index in [0.717, 1.165) is 35.7 Å². The van der Waals surface area contributed by atoms with E-state index in [-0.39, 0.29) is 6.04 Å². The van der Waals surface area contributed by atoms with Gasteiger partial charge in [-0.15, -0.1) is 0 Å². The average molecular weight is 324 g/mol. The van der Waals surface area contributed by atoms with Crippen LogP contribution in [-0.4, -0.2) is 34.8 Å². The van der Waals surface area contributed by atoms with Gasteiger partial charge in [-0.3, -0.25) is 4.98 Å². The van der Waals surface area contributed by atoms with Gasteiger partial charge in [-0.1, -0.05) is 6.07 Å². The molecule has 1 aliphatic heterocycles. The Morgan fingerprint density at radius 3 is 3.17 bits per heavy atom. The number of pyridine rings is 1. The van der Waals surface area contributed by atoms with Gasteiger partial charge in [0.25, 0.3) is 0 Å². The van der Waals surface area contributed by atoms with Crippen molar-refractivity contribution in [3.63, 3.8) is 0 Å². The van der Waals surface area contributed by atoms with Crippen LogP contribution in [0.4, 0.5) is 0 Å². The normalized spacial score (nSPS) is 17.0. The third-order valence-corrected chi connectivity index (χ3v) is 4.31. The number of hydrogen-bond acceptors (Lipinski definition) is 5. The molecule has 1 atom stereocenters. The molecule has 3 aromatic rings. The SMILES string of the molecule is COc1ccc2c(c1)nc1n2[C@@H](CNCc2cccnc2)COC1. The topological polar surface area (TPSA) is 61.2 Å². The van der Waals surface area contributed by atoms with Crippen molar-refractivity contribution in [2.24, 2.45) is 0 Å². The monoisotopic (exact) mass is 324 g/mol. The van der Waals surface area contributed by atoms with Crippen molar-refractivity contribution in [3.8, 4) is 5.75 Å². The molecule has 124 valence electrons. The molecule has 1 aliphatic rings. The van der Waals surface area contributed by atoms with Crippen LogP contribution in [0.5, 0.6) is 5.75 Å². The van der Waals surface area contributed by atoms with E-state index in [9.17, 15) is 0 Å². The van der Waals surface area contributed by atoms with Gasteiger partial charge in [-0.25, -0.2) is 4.98 Å². The summed E-state index contributed by atoms with van der Waals surface area (Å²) in [5.41, 5.74) is 3.25. The lowest BCUT2D eigenvalue weighted by Gasteiger charge is -2.26. The van der Waals surface area contributed by atoms with Crippen molar-refractivity contribution >= 4 is 11.0 Å². The largest absolute Gasteiger partial charge is 0.497 e. The van der Waals surface area contributed by atoms with Crippen LogP contribution >= 0.6 is 0 Å². The van der Waals surface area contributed by atoms with Crippen molar-refractivity contribution in [3.05, 3.63) is 54.1 Å². The molecule has 24 heavy (non-hydrogen) atoms. The standard InChI is InChI=1S/C18H20N4O2/c1-23-15-4-5-17-16(7-15)21-18-12-24-11-14(22(17)18)10-20-9-13-3-2-6-19-8-13/h2-8,14,20H,9-12H2,1H3/t14-/m0/s1. The van der Waals surface area contributed by atoms with Crippen LogP contribution in [0.3, 0.4) is 0 Å². The van der Waals surface area contributed by atoms with Crippen molar-refractivity contribution in [1.82, 2.24) is 19.9 Å². The summed E-state index contributed by atoms with van der Waals surface area (Å²) in [7, 11) is 1.67. The van der Waals surface area contributed by atoms with Crippen molar-refractivity contribution in [2.75, 3.05) is 20.3 Å². The zero-order chi connectivity index (χ0) is 16.4. The number of imidazole rings is 1. The van der Waals surface area contributed by atoms with Gasteiger partial charge < -0.3 is 19.4 Å². The molecule has 6 heteroatoms. The maximum atomic E-state index is 5.73. The van der Waals surface area contributed by atoms with E-state index in [0.29, 0.717) is 13.2 Å². The zero-order valence-electron chi connectivity index (χ0n) is 13.6. The quantitative estimate of drug-likeness (QED) is 0.780. The highest BCUT2D eigenvalue weighted by molar-refractivity contribution is 5.78. The fraction of sp³-hybridized carbons (Fsp3) is 0.333. The molecular weight excluding hydrogens is 304 g/mol. The van der Waals surface area contributed by atoms with Gasteiger partial charge in [0.2, 0.25) is 0 Å². The molecule has 0 bridgehead atoms. The van der Waals surface area contributed by atoms with E-state index in [1.54, 1.807) is 13.3 Å². The summed E-state index contributed by atoms with van der Waals surface area (Å²) >= 11 is 0. The fourth-order valence-corrected chi connectivity index (χ4v) is 3.16. The predicted molar refractivity (Wildman–Crippen MR) is 90.9 cm³/mol. The number of fused-ring (bicyclic) bond motifs is 3. The fourth-order valence-electron chi connectivity index (χ4n) is 3.16. The molecule has 0 saturated heterocycles. The minimum atomic E-state index is 0.226. The van der Waals surface area contributed by atoms with Gasteiger partial charge in [-0.05, 0) is 23.8 Å². The maximum absolute atomic E-state index is 5.73. The molecule has 0 radical (unpaired) electrons. The lowest BCUT2D eigenvalue weighted by molar-refractivity contribution is 0.0564. The zero-order valence-corrected chi connectivity index (χ0v) is 13.6. The van der Waals surface area contributed by atoms with Crippen LogP contribution in [0, 0.1) is 0 Å². The Hall–Kier alpha value is -2.44. The van der Waals surface area contributed by atoms with Crippen molar-refractivity contribution in [2.45, 2.75) is 19.2 Å². The minimum Gasteiger partial charge on any atom is -0.497 e. The Labute approximate surface area is 140 Å². The minimum absolute atomic E-state index is 0.226. The summed E-state index contributed by atoms with van der Waals surface area (Å²) in [5, 5.41) is 3.50. The highest BCUT2D eigenvalue weighted by Gasteiger charge is 2.23. The van der Waals surface area contributed by atoms with Crippen molar-refractivity contribution < 1.29 is 9.47 Å². The number of hydrogen-bond donors (Lipinski definition) is 1. The molecule has 1 aromatic carbocycles. The lowest BCUT2D eigenvalue weighted by atomic mass is 10.2. The molecule has 0 fully saturated rings. The molecule has 3 heterocycles. The molecule has 0 saturated carbocycles. The Morgan fingerprint density at radius 1 is 1.38 bits per heavy atom. The van der Waals surface area contributed by atoms with E-state index < -0.39 is 0 Å². The molecular formula is C18H20N4O2. The van der Waals surface area contributed by atoms with Crippen molar-refractivity contribution in [1.29, 1.82) is 0 Å². The van der Waals surface area contributed by atoms with Crippen LogP contribution in [0.25, 0.3) is 11.0 Å². The molecule has 1 N–H and O–H groups in total. The summed E-state index contributed by atoms with van der Waals surface area (Å²) in [6, 6.07) is 10.3. The number of rotatable bonds is 5. The average Bonchev–Trinajstić information content (AvgIpc) is 3.01. The Bertz CT molecular complexity index is 832. The molecule has 6 nitrogen and oxygen atoms in total. The predicted octanol–water partition coefficient (Wildman–Crippen LogP) is 2.30. The number of ether oxygens (including phenoxy) is 2. The third-order valence-electron chi connectivity index (χ3n) is 4.31. The van der Waals surface area contributed by atoms with Crippen LogP contribution in [0.2, 0.25) is 0 Å². The summed E-state index contributed by atoms with van der Waals surface area (Å²) in [5.74, 6) is 1.79. The first-order chi connectivity index (χ1) is 11.8. The molecule has 0 amide bonds. The van der Waals surface area contributed by atoms with Crippen LogP contribution < -0.4 is 10.1 Å². The Balaban J connectivity index is 1.54. The molecule has 0 aliphatic carbocycles. The van der Waals surface area contributed by atoms with E-state index >= 15 is 0 Å². The van der Waals surface area contributed by atoms with Gasteiger partial charge >= 0.3 is 0 Å². The van der Waals surface area contributed by atoms with Gasteiger partial charge in [0.15, 0.2) is 0 Å². The number of aromatic nitrogens is 3. The summed E-state index contributed by atoms with van der Waals surface area (Å²) < 4.78 is 13.3. The number of nitrogens with zero attached hydrogens (tertiary/aromatic N) is 3. The summed E-state index contributed by atoms with van der Waals surface area (Å²) in [6.45, 7) is 2.85. The lowest BCUT2D eigenvalue weighted by Crippen LogP contribution is -2.32. The molecule has 4 rings (SSSR count). The first kappa shape index (κ1) is 15.1. The molecule has 0 spiro atoms. The summed E-state index contributed by atoms with van der Waals surface area (Å²) in [4.78, 5) is 8.84. The van der Waals surface area contributed by atoms with Gasteiger partial charge in [-0.2, -0.15) is 0 Å². The van der Waals surface area contributed by atoms with Gasteiger partial charge in [0.05, 0.1) is 30.8 Å². The van der Waals surface area contributed by atoms with E-state index in [4.69, 9.17) is 14.5 Å². The van der Waals surface area contributed by atoms with E-state index in [1.807, 2.05) is 24.4 Å². The first-order valence-electron chi connectivity index (χ1n) is 8.07. The number of methoxy groups -OCH3 is 1. The second kappa shape index (κ2) is 6.59. The van der Waals surface area contributed by atoms with E-state index in [2.05, 4.69) is 27.0 Å². The second-order valence-corrected chi connectivity index (χ2v) is 5.91. The van der Waals surface area contributed by atoms with Gasteiger partial charge in [0.1, 0.15) is 18.2 Å². The maximum Gasteiger partial charge on any atom is 0.136 e. The Kier molecular flexibility index (Phi) is 4.15. The van der Waals surface area contributed by atoms with Crippen LogP contribution in [0.1, 0.15) is 17.4 Å². The van der Waals surface area contributed by atoms with Crippen LogP contribution in [0.15, 0.2) is 42.7 Å². The second-order valence-electron chi connectivity index (χ2n) is 5.91. The van der Waals surface area contributed by atoms with Gasteiger partial charge in [0, 0.05) is 31.5 Å². The van der Waals surface area contributed by atoms with E-state index in [1.165, 1.54) is 5.56 Å². The molecule has 0 unspecified atom stereocenters. The number of nitrogens with one attached hydrogen (secondary N) is 1. The highest BCUT2D eigenvalue weighted by Crippen LogP contribution is 2.28. The first-order valence-corrected chi connectivity index (χ1v) is 8.07. The smallest absolute Gasteiger partial charge is 0.136 e.